The van der Waals surface area contributed by atoms with Crippen LogP contribution < -0.4 is 5.32 Å². The standard InChI is InChI=1S/C11H16BrN/c1-10-4-2-5-11(8-10)9-13-7-3-6-12/h2,4-5,8,13H,3,6-7,9H2,1H3. The van der Waals surface area contributed by atoms with Crippen LogP contribution in [-0.2, 0) is 6.54 Å². The molecule has 0 aliphatic carbocycles. The first-order valence-electron chi connectivity index (χ1n) is 4.65. The molecule has 0 fully saturated rings. The number of rotatable bonds is 5. The summed E-state index contributed by atoms with van der Waals surface area (Å²) in [5.74, 6) is 0. The maximum absolute atomic E-state index is 3.41. The van der Waals surface area contributed by atoms with Crippen LogP contribution in [0.2, 0.25) is 0 Å². The van der Waals surface area contributed by atoms with Crippen LogP contribution >= 0.6 is 15.9 Å². The Kier molecular flexibility index (Phi) is 5.09. The van der Waals surface area contributed by atoms with E-state index in [1.165, 1.54) is 17.5 Å². The van der Waals surface area contributed by atoms with Crippen molar-refractivity contribution in [3.8, 4) is 0 Å². The topological polar surface area (TPSA) is 12.0 Å². The Labute approximate surface area is 88.7 Å². The van der Waals surface area contributed by atoms with E-state index >= 15 is 0 Å². The smallest absolute Gasteiger partial charge is 0.0205 e. The average molecular weight is 242 g/mol. The second-order valence-corrected chi connectivity index (χ2v) is 4.00. The molecule has 1 rings (SSSR count). The lowest BCUT2D eigenvalue weighted by atomic mass is 10.1. The van der Waals surface area contributed by atoms with Crippen molar-refractivity contribution < 1.29 is 0 Å². The monoisotopic (exact) mass is 241 g/mol. The Balaban J connectivity index is 2.28. The first kappa shape index (κ1) is 10.7. The minimum absolute atomic E-state index is 0.981. The highest BCUT2D eigenvalue weighted by Gasteiger charge is 1.91. The molecule has 0 aliphatic heterocycles. The number of nitrogens with one attached hydrogen (secondary N) is 1. The van der Waals surface area contributed by atoms with E-state index in [4.69, 9.17) is 0 Å². The van der Waals surface area contributed by atoms with Crippen LogP contribution in [-0.4, -0.2) is 11.9 Å². The van der Waals surface area contributed by atoms with E-state index in [0.717, 1.165) is 18.4 Å². The Morgan fingerprint density at radius 2 is 2.23 bits per heavy atom. The highest BCUT2D eigenvalue weighted by molar-refractivity contribution is 9.09. The van der Waals surface area contributed by atoms with Gasteiger partial charge in [0.1, 0.15) is 0 Å². The van der Waals surface area contributed by atoms with Crippen LogP contribution in [0.15, 0.2) is 24.3 Å². The number of alkyl halides is 1. The third-order valence-corrected chi connectivity index (χ3v) is 2.46. The van der Waals surface area contributed by atoms with Gasteiger partial charge >= 0.3 is 0 Å². The predicted molar refractivity (Wildman–Crippen MR) is 61.3 cm³/mol. The molecule has 72 valence electrons. The fourth-order valence-electron chi connectivity index (χ4n) is 1.25. The van der Waals surface area contributed by atoms with Gasteiger partial charge in [0.25, 0.3) is 0 Å². The highest BCUT2D eigenvalue weighted by atomic mass is 79.9. The van der Waals surface area contributed by atoms with Gasteiger partial charge in [-0.05, 0) is 25.5 Å². The zero-order valence-corrected chi connectivity index (χ0v) is 9.60. The van der Waals surface area contributed by atoms with Gasteiger partial charge in [-0.25, -0.2) is 0 Å². The van der Waals surface area contributed by atoms with Gasteiger partial charge in [-0.15, -0.1) is 0 Å². The van der Waals surface area contributed by atoms with Gasteiger partial charge in [-0.1, -0.05) is 45.8 Å². The highest BCUT2D eigenvalue weighted by Crippen LogP contribution is 2.02. The third-order valence-electron chi connectivity index (χ3n) is 1.90. The SMILES string of the molecule is Cc1cccc(CNCCCBr)c1. The van der Waals surface area contributed by atoms with Crippen molar-refractivity contribution in [2.75, 3.05) is 11.9 Å². The minimum Gasteiger partial charge on any atom is -0.313 e. The molecule has 0 atom stereocenters. The molecule has 0 radical (unpaired) electrons. The van der Waals surface area contributed by atoms with Gasteiger partial charge in [0, 0.05) is 11.9 Å². The Hall–Kier alpha value is -0.340. The molecule has 0 unspecified atom stereocenters. The van der Waals surface area contributed by atoms with Gasteiger partial charge in [0.2, 0.25) is 0 Å². The predicted octanol–water partition coefficient (Wildman–Crippen LogP) is 2.87. The first-order valence-corrected chi connectivity index (χ1v) is 5.77. The Morgan fingerprint density at radius 3 is 2.92 bits per heavy atom. The maximum atomic E-state index is 3.41. The maximum Gasteiger partial charge on any atom is 0.0205 e. The molecule has 13 heavy (non-hydrogen) atoms. The fraction of sp³-hybridized carbons (Fsp3) is 0.455. The van der Waals surface area contributed by atoms with Gasteiger partial charge in [0.15, 0.2) is 0 Å². The Bertz CT molecular complexity index is 248. The number of hydrogen-bond acceptors (Lipinski definition) is 1. The molecule has 0 amide bonds. The fourth-order valence-corrected chi connectivity index (χ4v) is 1.53. The largest absolute Gasteiger partial charge is 0.313 e. The summed E-state index contributed by atoms with van der Waals surface area (Å²) >= 11 is 3.41. The van der Waals surface area contributed by atoms with E-state index in [2.05, 4.69) is 52.4 Å². The van der Waals surface area contributed by atoms with E-state index in [0.29, 0.717) is 0 Å². The molecule has 0 aromatic heterocycles. The van der Waals surface area contributed by atoms with Crippen LogP contribution in [0.1, 0.15) is 17.5 Å². The van der Waals surface area contributed by atoms with Crippen molar-refractivity contribution in [1.82, 2.24) is 5.32 Å². The first-order chi connectivity index (χ1) is 6.33. The van der Waals surface area contributed by atoms with Crippen molar-refractivity contribution in [2.24, 2.45) is 0 Å². The van der Waals surface area contributed by atoms with Gasteiger partial charge in [0.05, 0.1) is 0 Å². The zero-order chi connectivity index (χ0) is 9.52. The van der Waals surface area contributed by atoms with Gasteiger partial charge < -0.3 is 5.32 Å². The van der Waals surface area contributed by atoms with E-state index < -0.39 is 0 Å². The lowest BCUT2D eigenvalue weighted by Crippen LogP contribution is -2.14. The summed E-state index contributed by atoms with van der Waals surface area (Å²) in [4.78, 5) is 0. The summed E-state index contributed by atoms with van der Waals surface area (Å²) in [6.07, 6.45) is 1.19. The zero-order valence-electron chi connectivity index (χ0n) is 8.02. The van der Waals surface area contributed by atoms with Crippen molar-refractivity contribution >= 4 is 15.9 Å². The summed E-state index contributed by atoms with van der Waals surface area (Å²) in [5.41, 5.74) is 2.70. The van der Waals surface area contributed by atoms with E-state index in [-0.39, 0.29) is 0 Å². The molecule has 0 bridgehead atoms. The van der Waals surface area contributed by atoms with E-state index in [9.17, 15) is 0 Å². The van der Waals surface area contributed by atoms with Gasteiger partial charge in [-0.2, -0.15) is 0 Å². The lowest BCUT2D eigenvalue weighted by Gasteiger charge is -2.04. The van der Waals surface area contributed by atoms with Crippen molar-refractivity contribution in [3.63, 3.8) is 0 Å². The number of halogens is 1. The molecule has 1 aromatic carbocycles. The number of benzene rings is 1. The second kappa shape index (κ2) is 6.17. The lowest BCUT2D eigenvalue weighted by molar-refractivity contribution is 0.680. The van der Waals surface area contributed by atoms with Crippen LogP contribution in [0.25, 0.3) is 0 Å². The Morgan fingerprint density at radius 1 is 1.38 bits per heavy atom. The van der Waals surface area contributed by atoms with Crippen molar-refractivity contribution in [3.05, 3.63) is 35.4 Å². The molecule has 0 saturated carbocycles. The summed E-state index contributed by atoms with van der Waals surface area (Å²) in [5, 5.41) is 4.48. The van der Waals surface area contributed by atoms with Crippen molar-refractivity contribution in [1.29, 1.82) is 0 Å². The summed E-state index contributed by atoms with van der Waals surface area (Å²) in [6, 6.07) is 8.62. The molecule has 1 aromatic rings. The molecule has 0 heterocycles. The van der Waals surface area contributed by atoms with Crippen molar-refractivity contribution in [2.45, 2.75) is 19.9 Å². The molecular weight excluding hydrogens is 226 g/mol. The second-order valence-electron chi connectivity index (χ2n) is 3.21. The van der Waals surface area contributed by atoms with Gasteiger partial charge in [-0.3, -0.25) is 0 Å². The quantitative estimate of drug-likeness (QED) is 0.618. The number of hydrogen-bond donors (Lipinski definition) is 1. The van der Waals surface area contributed by atoms with Crippen LogP contribution in [0.5, 0.6) is 0 Å². The molecule has 1 nitrogen and oxygen atoms in total. The van der Waals surface area contributed by atoms with Crippen LogP contribution in [0.3, 0.4) is 0 Å². The molecule has 0 spiro atoms. The molecule has 2 heteroatoms. The van der Waals surface area contributed by atoms with E-state index in [1.807, 2.05) is 0 Å². The average Bonchev–Trinajstić information content (AvgIpc) is 2.13. The molecular formula is C11H16BrN. The molecule has 0 aliphatic rings. The minimum atomic E-state index is 0.981. The summed E-state index contributed by atoms with van der Waals surface area (Å²) < 4.78 is 0. The third kappa shape index (κ3) is 4.44. The van der Waals surface area contributed by atoms with Crippen LogP contribution in [0.4, 0.5) is 0 Å². The van der Waals surface area contributed by atoms with E-state index in [1.54, 1.807) is 0 Å². The molecule has 0 saturated heterocycles. The van der Waals surface area contributed by atoms with Crippen LogP contribution in [0, 0.1) is 6.92 Å². The number of aryl methyl sites for hydroxylation is 1. The molecule has 1 N–H and O–H groups in total. The normalized spacial score (nSPS) is 10.3. The summed E-state index contributed by atoms with van der Waals surface area (Å²) in [6.45, 7) is 4.19. The summed E-state index contributed by atoms with van der Waals surface area (Å²) in [7, 11) is 0.